The van der Waals surface area contributed by atoms with Crippen LogP contribution in [-0.4, -0.2) is 43.0 Å². The van der Waals surface area contributed by atoms with E-state index in [0.29, 0.717) is 80.4 Å². The molecule has 2 aliphatic heterocycles. The molecule has 274 valence electrons. The molecule has 8 rings (SSSR count). The molecule has 1 aromatic carbocycles. The van der Waals surface area contributed by atoms with Crippen molar-refractivity contribution in [2.45, 2.75) is 71.6 Å². The minimum Gasteiger partial charge on any atom is -0.453 e. The van der Waals surface area contributed by atoms with Gasteiger partial charge < -0.3 is 14.5 Å². The van der Waals surface area contributed by atoms with Crippen molar-refractivity contribution in [3.05, 3.63) is 116 Å². The topological polar surface area (TPSA) is 93.0 Å². The van der Waals surface area contributed by atoms with Gasteiger partial charge in [0, 0.05) is 85.9 Å². The molecule has 1 atom stereocenters. The molecule has 0 saturated heterocycles. The fourth-order valence-electron chi connectivity index (χ4n) is 7.48. The Morgan fingerprint density at radius 3 is 2.30 bits per heavy atom. The number of hydrogen-bond donors (Lipinski definition) is 0. The Morgan fingerprint density at radius 2 is 1.55 bits per heavy atom. The van der Waals surface area contributed by atoms with Crippen LogP contribution in [0.4, 0.5) is 33.6 Å². The fourth-order valence-corrected chi connectivity index (χ4v) is 7.67. The van der Waals surface area contributed by atoms with Crippen molar-refractivity contribution in [3.8, 4) is 11.5 Å². The number of aryl methyl sites for hydroxylation is 2. The number of fused-ring (bicyclic) bond motifs is 3. The molecule has 0 radical (unpaired) electrons. The standard InChI is InChI=1S/C38H34ClF5N8O/c1-20-21(2)47-34(49-35(20)51-9-7-31-24(19-51)14-27(17-46-31)53-33-15-26(40)4-5-29(33)41)12-22-3-6-32-28(11-22)36(50-37(39)48-32)52-10-8-30-23(18-52)13-25(16-45-30)38(42,43)44/h4-5,13-17,22H,3,6-12,18-19H2,1-2H3. The summed E-state index contributed by atoms with van der Waals surface area (Å²) >= 11 is 6.39. The van der Waals surface area contributed by atoms with Gasteiger partial charge in [-0.3, -0.25) is 9.97 Å². The van der Waals surface area contributed by atoms with E-state index in [-0.39, 0.29) is 23.5 Å². The minimum absolute atomic E-state index is 0.116. The smallest absolute Gasteiger partial charge is 0.417 e. The van der Waals surface area contributed by atoms with Crippen LogP contribution in [0, 0.1) is 31.4 Å². The third-order valence-corrected chi connectivity index (χ3v) is 10.5. The van der Waals surface area contributed by atoms with E-state index >= 15 is 0 Å². The maximum absolute atomic E-state index is 14.3. The summed E-state index contributed by atoms with van der Waals surface area (Å²) in [4.78, 5) is 31.9. The molecule has 9 nitrogen and oxygen atoms in total. The molecule has 15 heteroatoms. The lowest BCUT2D eigenvalue weighted by molar-refractivity contribution is -0.137. The number of aromatic nitrogens is 6. The number of nitrogens with zero attached hydrogens (tertiary/aromatic N) is 8. The summed E-state index contributed by atoms with van der Waals surface area (Å²) in [7, 11) is 0. The number of rotatable bonds is 6. The highest BCUT2D eigenvalue weighted by Crippen LogP contribution is 2.37. The molecular weight excluding hydrogens is 715 g/mol. The number of halogens is 6. The molecule has 0 amide bonds. The van der Waals surface area contributed by atoms with E-state index in [1.165, 1.54) is 12.3 Å². The minimum atomic E-state index is -4.48. The Labute approximate surface area is 307 Å². The predicted molar refractivity (Wildman–Crippen MR) is 187 cm³/mol. The van der Waals surface area contributed by atoms with Gasteiger partial charge >= 0.3 is 6.18 Å². The zero-order valence-corrected chi connectivity index (χ0v) is 29.7. The lowest BCUT2D eigenvalue weighted by Gasteiger charge is -2.34. The van der Waals surface area contributed by atoms with Gasteiger partial charge in [-0.2, -0.15) is 13.2 Å². The summed E-state index contributed by atoms with van der Waals surface area (Å²) in [5.74, 6) is 1.19. The first-order valence-electron chi connectivity index (χ1n) is 17.4. The zero-order valence-electron chi connectivity index (χ0n) is 28.9. The van der Waals surface area contributed by atoms with Gasteiger partial charge in [-0.1, -0.05) is 0 Å². The largest absolute Gasteiger partial charge is 0.453 e. The molecule has 0 saturated carbocycles. The van der Waals surface area contributed by atoms with Crippen LogP contribution in [0.3, 0.4) is 0 Å². The van der Waals surface area contributed by atoms with Crippen molar-refractivity contribution in [3.63, 3.8) is 0 Å². The number of ether oxygens (including phenoxy) is 1. The Kier molecular flexibility index (Phi) is 9.12. The van der Waals surface area contributed by atoms with Crippen LogP contribution >= 0.6 is 11.6 Å². The van der Waals surface area contributed by atoms with E-state index in [1.807, 2.05) is 18.7 Å². The predicted octanol–water partition coefficient (Wildman–Crippen LogP) is 7.89. The van der Waals surface area contributed by atoms with Crippen molar-refractivity contribution < 1.29 is 26.7 Å². The highest BCUT2D eigenvalue weighted by molar-refractivity contribution is 6.28. The van der Waals surface area contributed by atoms with Crippen LogP contribution in [0.15, 0.2) is 42.7 Å². The van der Waals surface area contributed by atoms with E-state index in [4.69, 9.17) is 26.3 Å². The van der Waals surface area contributed by atoms with Crippen LogP contribution in [-0.2, 0) is 51.4 Å². The van der Waals surface area contributed by atoms with Gasteiger partial charge in [-0.05, 0) is 86.0 Å². The second kappa shape index (κ2) is 13.8. The zero-order chi connectivity index (χ0) is 37.0. The van der Waals surface area contributed by atoms with Crippen LogP contribution in [0.5, 0.6) is 11.5 Å². The van der Waals surface area contributed by atoms with Gasteiger partial charge in [-0.25, -0.2) is 28.7 Å². The van der Waals surface area contributed by atoms with Gasteiger partial charge in [0.25, 0.3) is 0 Å². The molecule has 0 bridgehead atoms. The highest BCUT2D eigenvalue weighted by Gasteiger charge is 2.34. The summed E-state index contributed by atoms with van der Waals surface area (Å²) < 4.78 is 74.2. The molecule has 5 aromatic rings. The van der Waals surface area contributed by atoms with Crippen LogP contribution in [0.2, 0.25) is 5.28 Å². The summed E-state index contributed by atoms with van der Waals surface area (Å²) in [5.41, 5.74) is 5.88. The van der Waals surface area contributed by atoms with Crippen molar-refractivity contribution in [1.82, 2.24) is 29.9 Å². The number of anilines is 2. The van der Waals surface area contributed by atoms with Crippen molar-refractivity contribution in [2.75, 3.05) is 22.9 Å². The molecule has 0 fully saturated rings. The van der Waals surface area contributed by atoms with E-state index < -0.39 is 23.4 Å². The Balaban J connectivity index is 1.01. The monoisotopic (exact) mass is 748 g/mol. The SMILES string of the molecule is Cc1nc(CC2CCc3nc(Cl)nc(N4CCc5ncc(C(F)(F)F)cc5C4)c3C2)nc(N2CCc3ncc(Oc4cc(F)ccc4F)cc3C2)c1C. The molecule has 0 spiro atoms. The quantitative estimate of drug-likeness (QED) is 0.127. The fraction of sp³-hybridized carbons (Fsp3) is 0.368. The summed E-state index contributed by atoms with van der Waals surface area (Å²) in [5, 5.41) is 0.116. The maximum atomic E-state index is 14.3. The van der Waals surface area contributed by atoms with Crippen LogP contribution in [0.25, 0.3) is 0 Å². The van der Waals surface area contributed by atoms with Crippen molar-refractivity contribution >= 4 is 23.2 Å². The number of hydrogen-bond acceptors (Lipinski definition) is 9. The summed E-state index contributed by atoms with van der Waals surface area (Å²) in [6, 6.07) is 6.05. The van der Waals surface area contributed by atoms with Gasteiger partial charge in [-0.15, -0.1) is 0 Å². The third-order valence-electron chi connectivity index (χ3n) is 10.3. The van der Waals surface area contributed by atoms with E-state index in [1.54, 1.807) is 6.07 Å². The lowest BCUT2D eigenvalue weighted by atomic mass is 9.84. The van der Waals surface area contributed by atoms with Gasteiger partial charge in [0.05, 0.1) is 17.5 Å². The summed E-state index contributed by atoms with van der Waals surface area (Å²) in [6.45, 7) is 5.95. The first-order valence-corrected chi connectivity index (χ1v) is 17.8. The Hall–Kier alpha value is -4.98. The molecule has 1 aliphatic carbocycles. The first-order chi connectivity index (χ1) is 25.4. The van der Waals surface area contributed by atoms with E-state index in [0.717, 1.165) is 70.4 Å². The van der Waals surface area contributed by atoms with Crippen LogP contribution < -0.4 is 14.5 Å². The second-order valence-electron chi connectivity index (χ2n) is 13.9. The number of benzene rings is 1. The van der Waals surface area contributed by atoms with E-state index in [2.05, 4.69) is 24.8 Å². The number of pyridine rings is 2. The second-order valence-corrected chi connectivity index (χ2v) is 14.2. The molecule has 53 heavy (non-hydrogen) atoms. The van der Waals surface area contributed by atoms with Gasteiger partial charge in [0.1, 0.15) is 29.0 Å². The number of alkyl halides is 3. The van der Waals surface area contributed by atoms with Crippen molar-refractivity contribution in [1.29, 1.82) is 0 Å². The maximum Gasteiger partial charge on any atom is 0.417 e. The van der Waals surface area contributed by atoms with Crippen LogP contribution in [0.1, 0.15) is 62.8 Å². The highest BCUT2D eigenvalue weighted by atomic mass is 35.5. The molecule has 6 heterocycles. The Morgan fingerprint density at radius 1 is 0.830 bits per heavy atom. The third kappa shape index (κ3) is 7.20. The first kappa shape index (κ1) is 35.1. The summed E-state index contributed by atoms with van der Waals surface area (Å²) in [6.07, 6.45) is 1.87. The molecule has 0 N–H and O–H groups in total. The average molecular weight is 749 g/mol. The average Bonchev–Trinajstić information content (AvgIpc) is 3.13. The molecule has 3 aliphatic rings. The Bertz CT molecular complexity index is 2230. The van der Waals surface area contributed by atoms with Gasteiger partial charge in [0.15, 0.2) is 11.6 Å². The lowest BCUT2D eigenvalue weighted by Crippen LogP contribution is -2.34. The van der Waals surface area contributed by atoms with E-state index in [9.17, 15) is 22.0 Å². The normalized spacial score (nSPS) is 16.9. The van der Waals surface area contributed by atoms with Gasteiger partial charge in [0.2, 0.25) is 5.28 Å². The molecule has 4 aromatic heterocycles. The molecular formula is C38H34ClF5N8O. The molecule has 1 unspecified atom stereocenters. The van der Waals surface area contributed by atoms with Crippen molar-refractivity contribution in [2.24, 2.45) is 5.92 Å².